The molecule has 0 bridgehead atoms. The fourth-order valence-corrected chi connectivity index (χ4v) is 3.17. The predicted octanol–water partition coefficient (Wildman–Crippen LogP) is 5.00. The number of hydrogen-bond acceptors (Lipinski definition) is 4. The number of nitrogens with one attached hydrogen (secondary N) is 1. The van der Waals surface area contributed by atoms with Crippen molar-refractivity contribution >= 4 is 35.0 Å². The SMILES string of the molecule is N#Cc1ccc(-c2ccc(Cl)cc2)nc1SCC(=O)Nc1ccccc1. The van der Waals surface area contributed by atoms with Gasteiger partial charge in [-0.3, -0.25) is 4.79 Å². The van der Waals surface area contributed by atoms with Crippen molar-refractivity contribution in [3.63, 3.8) is 0 Å². The van der Waals surface area contributed by atoms with Gasteiger partial charge in [-0.15, -0.1) is 0 Å². The van der Waals surface area contributed by atoms with Crippen LogP contribution in [-0.2, 0) is 4.79 Å². The zero-order valence-corrected chi connectivity index (χ0v) is 15.2. The number of thioether (sulfide) groups is 1. The zero-order chi connectivity index (χ0) is 18.4. The first-order valence-corrected chi connectivity index (χ1v) is 9.17. The number of rotatable bonds is 5. The van der Waals surface area contributed by atoms with Crippen LogP contribution in [0.5, 0.6) is 0 Å². The van der Waals surface area contributed by atoms with E-state index in [1.165, 1.54) is 11.8 Å². The van der Waals surface area contributed by atoms with Crippen molar-refractivity contribution in [2.45, 2.75) is 5.03 Å². The number of benzene rings is 2. The van der Waals surface area contributed by atoms with Gasteiger partial charge in [-0.05, 0) is 36.4 Å². The summed E-state index contributed by atoms with van der Waals surface area (Å²) in [5.41, 5.74) is 2.81. The maximum atomic E-state index is 12.1. The van der Waals surface area contributed by atoms with Crippen molar-refractivity contribution in [3.05, 3.63) is 77.3 Å². The van der Waals surface area contributed by atoms with Crippen LogP contribution >= 0.6 is 23.4 Å². The van der Waals surface area contributed by atoms with Crippen LogP contribution in [-0.4, -0.2) is 16.6 Å². The summed E-state index contributed by atoms with van der Waals surface area (Å²) in [4.78, 5) is 16.7. The van der Waals surface area contributed by atoms with Crippen LogP contribution < -0.4 is 5.32 Å². The Balaban J connectivity index is 1.74. The fourth-order valence-electron chi connectivity index (χ4n) is 2.27. The Bertz CT molecular complexity index is 953. The molecule has 1 N–H and O–H groups in total. The van der Waals surface area contributed by atoms with E-state index in [1.807, 2.05) is 42.5 Å². The molecule has 1 amide bonds. The van der Waals surface area contributed by atoms with Crippen LogP contribution in [0.25, 0.3) is 11.3 Å². The van der Waals surface area contributed by atoms with E-state index in [1.54, 1.807) is 24.3 Å². The molecular weight excluding hydrogens is 366 g/mol. The third-order valence-corrected chi connectivity index (χ3v) is 4.76. The van der Waals surface area contributed by atoms with E-state index in [9.17, 15) is 10.1 Å². The Morgan fingerprint density at radius 1 is 1.08 bits per heavy atom. The van der Waals surface area contributed by atoms with Crippen molar-refractivity contribution in [1.29, 1.82) is 5.26 Å². The molecule has 0 saturated carbocycles. The van der Waals surface area contributed by atoms with Gasteiger partial charge >= 0.3 is 0 Å². The van der Waals surface area contributed by atoms with Gasteiger partial charge in [0.1, 0.15) is 11.1 Å². The Labute approximate surface area is 160 Å². The summed E-state index contributed by atoms with van der Waals surface area (Å²) in [6, 6.07) is 22.2. The third-order valence-electron chi connectivity index (χ3n) is 3.52. The van der Waals surface area contributed by atoms with Gasteiger partial charge in [0.25, 0.3) is 0 Å². The lowest BCUT2D eigenvalue weighted by Gasteiger charge is -2.08. The maximum absolute atomic E-state index is 12.1. The van der Waals surface area contributed by atoms with Gasteiger partial charge in [0, 0.05) is 16.3 Å². The summed E-state index contributed by atoms with van der Waals surface area (Å²) in [6.07, 6.45) is 0. The number of carbonyl (C=O) groups excluding carboxylic acids is 1. The molecule has 0 fully saturated rings. The molecule has 0 unspecified atom stereocenters. The molecule has 0 saturated heterocycles. The highest BCUT2D eigenvalue weighted by Crippen LogP contribution is 2.26. The number of hydrogen-bond donors (Lipinski definition) is 1. The molecule has 0 spiro atoms. The molecule has 3 rings (SSSR count). The maximum Gasteiger partial charge on any atom is 0.234 e. The Morgan fingerprint density at radius 3 is 2.50 bits per heavy atom. The average Bonchev–Trinajstić information content (AvgIpc) is 2.67. The van der Waals surface area contributed by atoms with E-state index in [0.29, 0.717) is 15.6 Å². The lowest BCUT2D eigenvalue weighted by molar-refractivity contribution is -0.113. The molecule has 128 valence electrons. The molecule has 1 heterocycles. The Hall–Kier alpha value is -2.81. The highest BCUT2D eigenvalue weighted by Gasteiger charge is 2.11. The van der Waals surface area contributed by atoms with Crippen molar-refractivity contribution in [2.24, 2.45) is 0 Å². The second-order valence-electron chi connectivity index (χ2n) is 5.37. The molecular formula is C20H14ClN3OS. The summed E-state index contributed by atoms with van der Waals surface area (Å²) >= 11 is 7.16. The van der Waals surface area contributed by atoms with E-state index in [0.717, 1.165) is 16.9 Å². The second kappa shape index (κ2) is 8.52. The van der Waals surface area contributed by atoms with E-state index < -0.39 is 0 Å². The first-order valence-electron chi connectivity index (χ1n) is 7.80. The van der Waals surface area contributed by atoms with Crippen LogP contribution in [0.1, 0.15) is 5.56 Å². The first-order chi connectivity index (χ1) is 12.7. The molecule has 3 aromatic rings. The molecule has 0 atom stereocenters. The molecule has 2 aromatic carbocycles. The smallest absolute Gasteiger partial charge is 0.234 e. The zero-order valence-electron chi connectivity index (χ0n) is 13.6. The number of nitrogens with zero attached hydrogens (tertiary/aromatic N) is 2. The second-order valence-corrected chi connectivity index (χ2v) is 6.77. The van der Waals surface area contributed by atoms with E-state index in [-0.39, 0.29) is 11.7 Å². The van der Waals surface area contributed by atoms with Gasteiger partial charge in [0.2, 0.25) is 5.91 Å². The predicted molar refractivity (Wildman–Crippen MR) is 105 cm³/mol. The van der Waals surface area contributed by atoms with Gasteiger partial charge < -0.3 is 5.32 Å². The topological polar surface area (TPSA) is 65.8 Å². The normalized spacial score (nSPS) is 10.2. The van der Waals surface area contributed by atoms with E-state index in [4.69, 9.17) is 11.6 Å². The summed E-state index contributed by atoms with van der Waals surface area (Å²) < 4.78 is 0. The first kappa shape index (κ1) is 18.0. The molecule has 0 aliphatic heterocycles. The van der Waals surface area contributed by atoms with Crippen LogP contribution in [0.3, 0.4) is 0 Å². The molecule has 6 heteroatoms. The summed E-state index contributed by atoms with van der Waals surface area (Å²) in [7, 11) is 0. The lowest BCUT2D eigenvalue weighted by Crippen LogP contribution is -2.14. The minimum Gasteiger partial charge on any atom is -0.325 e. The summed E-state index contributed by atoms with van der Waals surface area (Å²) in [5, 5.41) is 13.3. The molecule has 1 aromatic heterocycles. The fraction of sp³-hybridized carbons (Fsp3) is 0.0500. The number of aromatic nitrogens is 1. The highest BCUT2D eigenvalue weighted by atomic mass is 35.5. The molecule has 0 radical (unpaired) electrons. The largest absolute Gasteiger partial charge is 0.325 e. The molecule has 0 aliphatic rings. The number of halogens is 1. The number of para-hydroxylation sites is 1. The monoisotopic (exact) mass is 379 g/mol. The lowest BCUT2D eigenvalue weighted by atomic mass is 10.1. The van der Waals surface area contributed by atoms with Crippen LogP contribution in [0.4, 0.5) is 5.69 Å². The van der Waals surface area contributed by atoms with Crippen molar-refractivity contribution in [2.75, 3.05) is 11.1 Å². The molecule has 26 heavy (non-hydrogen) atoms. The number of pyridine rings is 1. The quantitative estimate of drug-likeness (QED) is 0.633. The highest BCUT2D eigenvalue weighted by molar-refractivity contribution is 8.00. The van der Waals surface area contributed by atoms with Gasteiger partial charge in [0.05, 0.1) is 17.0 Å². The average molecular weight is 380 g/mol. The number of carbonyl (C=O) groups is 1. The molecule has 4 nitrogen and oxygen atoms in total. The minimum atomic E-state index is -0.149. The minimum absolute atomic E-state index is 0.149. The summed E-state index contributed by atoms with van der Waals surface area (Å²) in [6.45, 7) is 0. The summed E-state index contributed by atoms with van der Waals surface area (Å²) in [5.74, 6) is 0.0180. The third kappa shape index (κ3) is 4.63. The number of amides is 1. The van der Waals surface area contributed by atoms with Crippen LogP contribution in [0.15, 0.2) is 71.8 Å². The van der Waals surface area contributed by atoms with Gasteiger partial charge in [-0.1, -0.05) is 53.7 Å². The number of anilines is 1. The number of nitriles is 1. The van der Waals surface area contributed by atoms with Gasteiger partial charge in [0.15, 0.2) is 0 Å². The van der Waals surface area contributed by atoms with Crippen molar-refractivity contribution in [1.82, 2.24) is 4.98 Å². The van der Waals surface area contributed by atoms with E-state index in [2.05, 4.69) is 16.4 Å². The van der Waals surface area contributed by atoms with Gasteiger partial charge in [-0.25, -0.2) is 4.98 Å². The van der Waals surface area contributed by atoms with Crippen molar-refractivity contribution < 1.29 is 4.79 Å². The Kier molecular flexibility index (Phi) is 5.90. The standard InChI is InChI=1S/C20H14ClN3OS/c21-16-9-6-14(7-10-16)18-11-8-15(12-22)20(24-18)26-13-19(25)23-17-4-2-1-3-5-17/h1-11H,13H2,(H,23,25). The van der Waals surface area contributed by atoms with Crippen LogP contribution in [0.2, 0.25) is 5.02 Å². The van der Waals surface area contributed by atoms with Crippen LogP contribution in [0, 0.1) is 11.3 Å². The molecule has 0 aliphatic carbocycles. The van der Waals surface area contributed by atoms with Crippen molar-refractivity contribution in [3.8, 4) is 17.3 Å². The van der Waals surface area contributed by atoms with E-state index >= 15 is 0 Å². The Morgan fingerprint density at radius 2 is 1.81 bits per heavy atom. The van der Waals surface area contributed by atoms with Gasteiger partial charge in [-0.2, -0.15) is 5.26 Å².